The summed E-state index contributed by atoms with van der Waals surface area (Å²) in [6.45, 7) is -1.01. The Balaban J connectivity index is 0.833. The van der Waals surface area contributed by atoms with Crippen LogP contribution < -0.4 is 37.1 Å². The molecule has 0 bridgehead atoms. The molecule has 0 saturated carbocycles. The number of aromatic amines is 1. The van der Waals surface area contributed by atoms with Gasteiger partial charge in [-0.05, 0) is 54.2 Å². The Morgan fingerprint density at radius 3 is 2.23 bits per heavy atom. The Hall–Kier alpha value is -5.21. The number of phosphoric ester groups is 2. The molecule has 6 rings (SSSR count). The molecule has 1 saturated heterocycles. The molecule has 1 aromatic heterocycles. The zero-order chi connectivity index (χ0) is 46.9. The molecule has 65 heavy (non-hydrogen) atoms. The van der Waals surface area contributed by atoms with Crippen molar-refractivity contribution in [3.05, 3.63) is 103 Å². The van der Waals surface area contributed by atoms with E-state index in [0.717, 1.165) is 16.8 Å². The second kappa shape index (κ2) is 21.9. The summed E-state index contributed by atoms with van der Waals surface area (Å²) in [5, 5.41) is 47.3. The van der Waals surface area contributed by atoms with Crippen molar-refractivity contribution in [2.45, 2.75) is 24.5 Å². The molecule has 0 spiro atoms. The molecule has 3 aromatic rings. The Kier molecular flexibility index (Phi) is 16.5. The van der Waals surface area contributed by atoms with Crippen LogP contribution in [0.25, 0.3) is 33.4 Å². The van der Waals surface area contributed by atoms with Crippen molar-refractivity contribution in [1.29, 1.82) is 0 Å². The van der Waals surface area contributed by atoms with Crippen LogP contribution in [0.4, 0.5) is 5.69 Å². The van der Waals surface area contributed by atoms with E-state index in [1.54, 1.807) is 24.3 Å². The van der Waals surface area contributed by atoms with E-state index in [0.29, 0.717) is 27.8 Å². The Morgan fingerprint density at radius 2 is 1.52 bits per heavy atom. The number of hydrogen-bond donors (Lipinski definition) is 7. The van der Waals surface area contributed by atoms with Crippen LogP contribution in [-0.4, -0.2) is 119 Å². The lowest BCUT2D eigenvalue weighted by Crippen LogP contribution is -2.37. The standard InChI is InChI=1S/C38H42N4O20P2S/c43-22-2-5-25-28(18-22)60-29-19-23(44)3-6-26(29)32(25)24-4-1-21(17-27(24)36(48)49)40-37(65)39-8-10-55-11-12-56-13-14-57-15-16-58-63(51,52)62-64(53,54)59-20-30-33(46)34(47)35(61-30)42-9-7-31(45)41-38(42)50/h1-7,9,17-19,30,33-35,43,46-47H,8,10-16,20H2,(H,48,49)(H,51,52)(H,53,54)(H2,39,40,65)(H,41,45,50)/p-2. The molecule has 3 aliphatic rings. The molecular weight excluding hydrogens is 926 g/mol. The number of benzene rings is 3. The lowest BCUT2D eigenvalue weighted by molar-refractivity contribution is -0.245. The number of carboxylic acids is 1. The van der Waals surface area contributed by atoms with E-state index < -0.39 is 70.6 Å². The van der Waals surface area contributed by atoms with Crippen LogP contribution in [0.2, 0.25) is 0 Å². The highest BCUT2D eigenvalue weighted by Gasteiger charge is 2.44. The third kappa shape index (κ3) is 13.2. The maximum Gasteiger partial charge on any atom is 0.336 e. The fourth-order valence-electron chi connectivity index (χ4n) is 6.39. The van der Waals surface area contributed by atoms with Gasteiger partial charge < -0.3 is 73.3 Å². The number of phenols is 1. The highest BCUT2D eigenvalue weighted by molar-refractivity contribution is 7.80. The van der Waals surface area contributed by atoms with Crippen molar-refractivity contribution in [2.75, 3.05) is 64.7 Å². The minimum Gasteiger partial charge on any atom is -0.756 e. The summed E-state index contributed by atoms with van der Waals surface area (Å²) in [5.41, 5.74) is -0.113. The van der Waals surface area contributed by atoms with Crippen LogP contribution in [-0.2, 0) is 41.4 Å². The van der Waals surface area contributed by atoms with Gasteiger partial charge in [-0.25, -0.2) is 13.9 Å². The third-order valence-electron chi connectivity index (χ3n) is 9.27. The number of nitrogens with one attached hydrogen (secondary N) is 3. The molecule has 2 aliphatic heterocycles. The predicted molar refractivity (Wildman–Crippen MR) is 225 cm³/mol. The van der Waals surface area contributed by atoms with Gasteiger partial charge in [0.1, 0.15) is 35.4 Å². The summed E-state index contributed by atoms with van der Waals surface area (Å²) < 4.78 is 65.1. The van der Waals surface area contributed by atoms with Gasteiger partial charge in [-0.15, -0.1) is 0 Å². The van der Waals surface area contributed by atoms with Crippen LogP contribution in [0, 0.1) is 0 Å². The summed E-state index contributed by atoms with van der Waals surface area (Å²) in [7, 11) is -11.1. The number of carboxylic acid groups (broad SMARTS) is 1. The fraction of sp³-hybridized carbons (Fsp3) is 0.342. The highest BCUT2D eigenvalue weighted by atomic mass is 32.1. The van der Waals surface area contributed by atoms with Crippen molar-refractivity contribution in [3.8, 4) is 28.2 Å². The zero-order valence-corrected chi connectivity index (χ0v) is 36.2. The molecule has 3 heterocycles. The van der Waals surface area contributed by atoms with Gasteiger partial charge in [-0.1, -0.05) is 6.07 Å². The van der Waals surface area contributed by atoms with Gasteiger partial charge in [0.15, 0.2) is 16.8 Å². The van der Waals surface area contributed by atoms with Gasteiger partial charge in [0.2, 0.25) is 0 Å². The molecule has 1 aliphatic carbocycles. The van der Waals surface area contributed by atoms with Crippen LogP contribution in [0.3, 0.4) is 0 Å². The number of rotatable bonds is 22. The number of phenolic OH excluding ortho intramolecular Hbond substituents is 1. The number of aromatic carboxylic acids is 1. The molecule has 2 aromatic carbocycles. The third-order valence-corrected chi connectivity index (χ3v) is 12.1. The fourth-order valence-corrected chi connectivity index (χ4v) is 8.59. The first-order chi connectivity index (χ1) is 30.9. The van der Waals surface area contributed by atoms with Crippen molar-refractivity contribution < 1.29 is 80.9 Å². The van der Waals surface area contributed by atoms with E-state index in [1.165, 1.54) is 30.3 Å². The molecule has 350 valence electrons. The monoisotopic (exact) mass is 966 g/mol. The van der Waals surface area contributed by atoms with Crippen molar-refractivity contribution in [1.82, 2.24) is 14.9 Å². The minimum absolute atomic E-state index is 0.00547. The number of ether oxygens (including phenoxy) is 4. The smallest absolute Gasteiger partial charge is 0.336 e. The van der Waals surface area contributed by atoms with Gasteiger partial charge in [-0.2, -0.15) is 0 Å². The average molecular weight is 967 g/mol. The van der Waals surface area contributed by atoms with Crippen LogP contribution in [0.5, 0.6) is 5.75 Å². The van der Waals surface area contributed by atoms with Crippen molar-refractivity contribution >= 4 is 55.6 Å². The minimum atomic E-state index is -5.61. The quantitative estimate of drug-likeness (QED) is 0.0214. The number of carbonyl (C=O) groups is 1. The second-order valence-electron chi connectivity index (χ2n) is 13.8. The van der Waals surface area contributed by atoms with E-state index in [1.807, 2.05) is 4.98 Å². The number of anilines is 1. The number of aromatic hydroxyl groups is 1. The zero-order valence-electron chi connectivity index (χ0n) is 33.6. The number of aromatic nitrogens is 2. The number of phosphoric acid groups is 2. The van der Waals surface area contributed by atoms with Gasteiger partial charge in [0, 0.05) is 53.1 Å². The van der Waals surface area contributed by atoms with E-state index in [9.17, 15) is 58.5 Å². The topological polar surface area (TPSA) is 352 Å². The first-order valence-electron chi connectivity index (χ1n) is 19.2. The Morgan fingerprint density at radius 1 is 0.846 bits per heavy atom. The second-order valence-corrected chi connectivity index (χ2v) is 17.1. The van der Waals surface area contributed by atoms with Crippen LogP contribution in [0.15, 0.2) is 85.7 Å². The first kappa shape index (κ1) is 49.2. The van der Waals surface area contributed by atoms with Gasteiger partial charge in [-0.3, -0.25) is 28.3 Å². The molecular formula is C38H40N4O20P2S-2. The molecule has 6 unspecified atom stereocenters. The van der Waals surface area contributed by atoms with Crippen molar-refractivity contribution in [2.24, 2.45) is 0 Å². The summed E-state index contributed by atoms with van der Waals surface area (Å²) in [4.78, 5) is 73.9. The first-order valence-corrected chi connectivity index (χ1v) is 22.6. The Labute approximate surface area is 371 Å². The number of H-pyrrole nitrogens is 1. The van der Waals surface area contributed by atoms with E-state index in [4.69, 9.17) is 35.6 Å². The van der Waals surface area contributed by atoms with E-state index in [2.05, 4.69) is 24.0 Å². The average Bonchev–Trinajstić information content (AvgIpc) is 3.52. The molecule has 1 fully saturated rings. The number of thiocarbonyl (C=S) groups is 1. The molecule has 0 amide bonds. The lowest BCUT2D eigenvalue weighted by Gasteiger charge is -2.31. The number of fused-ring (bicyclic) bond motifs is 2. The summed E-state index contributed by atoms with van der Waals surface area (Å²) >= 11 is 5.36. The molecule has 0 radical (unpaired) electrons. The maximum atomic E-state index is 12.5. The predicted octanol–water partition coefficient (Wildman–Crippen LogP) is 0.461. The summed E-state index contributed by atoms with van der Waals surface area (Å²) in [6.07, 6.45) is -5.66. The van der Waals surface area contributed by atoms with Gasteiger partial charge in [0.05, 0.1) is 58.4 Å². The highest BCUT2D eigenvalue weighted by Crippen LogP contribution is 2.55. The van der Waals surface area contributed by atoms with Gasteiger partial charge in [0.25, 0.3) is 21.2 Å². The molecule has 7 N–H and O–H groups in total. The number of nitrogens with zero attached hydrogens (tertiary/aromatic N) is 1. The van der Waals surface area contributed by atoms with Crippen LogP contribution in [0.1, 0.15) is 16.6 Å². The molecule has 27 heteroatoms. The largest absolute Gasteiger partial charge is 0.756 e. The normalized spacial score (nSPS) is 19.2. The van der Waals surface area contributed by atoms with E-state index >= 15 is 0 Å². The van der Waals surface area contributed by atoms with Crippen LogP contribution >= 0.6 is 27.9 Å². The number of aliphatic hydroxyl groups is 2. The van der Waals surface area contributed by atoms with E-state index in [-0.39, 0.29) is 79.4 Å². The van der Waals surface area contributed by atoms with Crippen molar-refractivity contribution in [3.63, 3.8) is 0 Å². The summed E-state index contributed by atoms with van der Waals surface area (Å²) in [6, 6.07) is 14.2. The lowest BCUT2D eigenvalue weighted by atomic mass is 9.90. The molecule has 24 nitrogen and oxygen atoms in total. The molecule has 6 atom stereocenters. The number of aliphatic hydroxyl groups excluding tert-OH is 2. The number of hydrogen-bond acceptors (Lipinski definition) is 20. The maximum absolute atomic E-state index is 12.5. The summed E-state index contributed by atoms with van der Waals surface area (Å²) in [5.74, 6) is -1.07. The van der Waals surface area contributed by atoms with Gasteiger partial charge >= 0.3 is 11.7 Å². The Bertz CT molecular complexity index is 2750. The SMILES string of the molecule is O=C(O)c1cc(NC(=S)NCCOCCOCCOCCOP(=O)([O-])OP(=O)([O-])OCC2OC(n3ccc(=O)[nH]c3=O)C(O)C2O)ccc1-c1c2ccc(=O)cc-2oc2cc(O)ccc12.